The molecule has 1 amide bonds. The van der Waals surface area contributed by atoms with Gasteiger partial charge in [-0.1, -0.05) is 66.7 Å². The van der Waals surface area contributed by atoms with Gasteiger partial charge in [0.25, 0.3) is 5.91 Å². The van der Waals surface area contributed by atoms with Crippen LogP contribution in [0.3, 0.4) is 0 Å². The van der Waals surface area contributed by atoms with E-state index in [1.54, 1.807) is 11.5 Å². The predicted octanol–water partition coefficient (Wildman–Crippen LogP) is 4.90. The van der Waals surface area contributed by atoms with E-state index in [0.717, 1.165) is 15.6 Å². The van der Waals surface area contributed by atoms with Crippen molar-refractivity contribution >= 4 is 27.3 Å². The molecule has 4 aromatic rings. The summed E-state index contributed by atoms with van der Waals surface area (Å²) in [7, 11) is 0. The summed E-state index contributed by atoms with van der Waals surface area (Å²) < 4.78 is 1.02. The van der Waals surface area contributed by atoms with Crippen LogP contribution in [-0.4, -0.2) is 11.1 Å². The van der Waals surface area contributed by atoms with Gasteiger partial charge < -0.3 is 5.32 Å². The third-order valence-corrected chi connectivity index (χ3v) is 5.80. The van der Waals surface area contributed by atoms with Crippen molar-refractivity contribution in [3.05, 3.63) is 106 Å². The number of amides is 1. The largest absolute Gasteiger partial charge is 0.302 e. The van der Waals surface area contributed by atoms with Crippen molar-refractivity contribution in [2.75, 3.05) is 0 Å². The van der Waals surface area contributed by atoms with Crippen molar-refractivity contribution in [2.24, 2.45) is 0 Å². The van der Waals surface area contributed by atoms with Crippen LogP contribution in [0.25, 0.3) is 10.1 Å². The maximum absolute atomic E-state index is 11.6. The first-order valence-corrected chi connectivity index (χ1v) is 9.86. The fraction of sp³-hybridized carbons (Fsp3) is 0.0870. The Balaban J connectivity index is 1.58. The van der Waals surface area contributed by atoms with Crippen LogP contribution in [0, 0.1) is 0 Å². The molecule has 3 aromatic carbocycles. The second kappa shape index (κ2) is 8.35. The molecule has 0 fully saturated rings. The standard InChI is InChI=1S/C23H20N2O2S/c26-23(25-27)21-14-19-13-16(11-12-20(19)28-21)15-24-22(17-7-3-1-4-8-17)18-9-5-2-6-10-18/h1-14,22,24,27H,15H2,(H,25,26). The number of hydroxylamine groups is 1. The second-order valence-corrected chi connectivity index (χ2v) is 7.64. The molecule has 0 spiro atoms. The molecular weight excluding hydrogens is 368 g/mol. The number of rotatable bonds is 6. The zero-order valence-electron chi connectivity index (χ0n) is 15.1. The van der Waals surface area contributed by atoms with Crippen molar-refractivity contribution in [3.8, 4) is 0 Å². The van der Waals surface area contributed by atoms with Gasteiger partial charge in [-0.2, -0.15) is 0 Å². The van der Waals surface area contributed by atoms with Gasteiger partial charge in [0.05, 0.1) is 10.9 Å². The Morgan fingerprint density at radius 1 is 0.893 bits per heavy atom. The van der Waals surface area contributed by atoms with Crippen molar-refractivity contribution in [1.29, 1.82) is 0 Å². The van der Waals surface area contributed by atoms with E-state index in [-0.39, 0.29) is 6.04 Å². The normalized spacial score (nSPS) is 11.1. The Morgan fingerprint density at radius 2 is 1.54 bits per heavy atom. The van der Waals surface area contributed by atoms with Crippen LogP contribution in [0.5, 0.6) is 0 Å². The van der Waals surface area contributed by atoms with E-state index in [9.17, 15) is 4.79 Å². The molecule has 0 aliphatic heterocycles. The van der Waals surface area contributed by atoms with E-state index in [1.807, 2.05) is 18.2 Å². The summed E-state index contributed by atoms with van der Waals surface area (Å²) in [5.41, 5.74) is 5.26. The van der Waals surface area contributed by atoms with Crippen molar-refractivity contribution in [1.82, 2.24) is 10.8 Å². The fourth-order valence-corrected chi connectivity index (χ4v) is 4.24. The SMILES string of the molecule is O=C(NO)c1cc2cc(CNC(c3ccccc3)c3ccccc3)ccc2s1. The third-order valence-electron chi connectivity index (χ3n) is 4.68. The Kier molecular flexibility index (Phi) is 5.48. The maximum Gasteiger partial charge on any atom is 0.284 e. The second-order valence-electron chi connectivity index (χ2n) is 6.56. The highest BCUT2D eigenvalue weighted by Gasteiger charge is 2.14. The molecule has 0 bridgehead atoms. The topological polar surface area (TPSA) is 61.4 Å². The van der Waals surface area contributed by atoms with Gasteiger partial charge in [-0.25, -0.2) is 5.48 Å². The molecule has 5 heteroatoms. The van der Waals surface area contributed by atoms with Crippen LogP contribution in [0.1, 0.15) is 32.4 Å². The number of fused-ring (bicyclic) bond motifs is 1. The number of hydrogen-bond acceptors (Lipinski definition) is 4. The summed E-state index contributed by atoms with van der Waals surface area (Å²) >= 11 is 1.36. The number of carbonyl (C=O) groups is 1. The molecule has 4 nitrogen and oxygen atoms in total. The van der Waals surface area contributed by atoms with E-state index in [1.165, 1.54) is 22.5 Å². The highest BCUT2D eigenvalue weighted by Crippen LogP contribution is 2.27. The summed E-state index contributed by atoms with van der Waals surface area (Å²) in [6.45, 7) is 0.696. The minimum absolute atomic E-state index is 0.0938. The number of hydrogen-bond donors (Lipinski definition) is 3. The molecule has 0 unspecified atom stereocenters. The molecule has 0 aliphatic rings. The molecule has 0 radical (unpaired) electrons. The average molecular weight is 388 g/mol. The monoisotopic (exact) mass is 388 g/mol. The summed E-state index contributed by atoms with van der Waals surface area (Å²) in [5.74, 6) is -0.478. The third kappa shape index (κ3) is 3.97. The molecule has 0 aliphatic carbocycles. The Bertz CT molecular complexity index is 1040. The van der Waals surface area contributed by atoms with E-state index < -0.39 is 5.91 Å². The number of benzene rings is 3. The van der Waals surface area contributed by atoms with Gasteiger partial charge in [-0.15, -0.1) is 11.3 Å². The zero-order chi connectivity index (χ0) is 19.3. The smallest absolute Gasteiger partial charge is 0.284 e. The van der Waals surface area contributed by atoms with Crippen molar-refractivity contribution in [3.63, 3.8) is 0 Å². The number of carbonyl (C=O) groups excluding carboxylic acids is 1. The average Bonchev–Trinajstić information content (AvgIpc) is 3.18. The van der Waals surface area contributed by atoms with Crippen LogP contribution in [0.4, 0.5) is 0 Å². The van der Waals surface area contributed by atoms with Gasteiger partial charge in [-0.3, -0.25) is 10.0 Å². The van der Waals surface area contributed by atoms with Gasteiger partial charge in [0.15, 0.2) is 0 Å². The summed E-state index contributed by atoms with van der Waals surface area (Å²) in [5, 5.41) is 13.5. The van der Waals surface area contributed by atoms with Gasteiger partial charge in [-0.05, 0) is 40.3 Å². The molecule has 0 saturated carbocycles. The van der Waals surface area contributed by atoms with Crippen LogP contribution in [-0.2, 0) is 6.54 Å². The molecule has 28 heavy (non-hydrogen) atoms. The quantitative estimate of drug-likeness (QED) is 0.325. The first-order valence-electron chi connectivity index (χ1n) is 9.05. The van der Waals surface area contributed by atoms with Crippen LogP contribution >= 0.6 is 11.3 Å². The van der Waals surface area contributed by atoms with Crippen molar-refractivity contribution in [2.45, 2.75) is 12.6 Å². The summed E-state index contributed by atoms with van der Waals surface area (Å²) in [6, 6.07) is 28.9. The fourth-order valence-electron chi connectivity index (χ4n) is 3.31. The molecule has 4 rings (SSSR count). The highest BCUT2D eigenvalue weighted by atomic mass is 32.1. The van der Waals surface area contributed by atoms with Crippen LogP contribution in [0.2, 0.25) is 0 Å². The molecule has 1 heterocycles. The first kappa shape index (κ1) is 18.4. The number of nitrogens with one attached hydrogen (secondary N) is 2. The molecule has 3 N–H and O–H groups in total. The van der Waals surface area contributed by atoms with Crippen molar-refractivity contribution < 1.29 is 10.0 Å². The lowest BCUT2D eigenvalue weighted by atomic mass is 9.98. The summed E-state index contributed by atoms with van der Waals surface area (Å²) in [4.78, 5) is 12.1. The van der Waals surface area contributed by atoms with Gasteiger partial charge >= 0.3 is 0 Å². The van der Waals surface area contributed by atoms with Gasteiger partial charge in [0.1, 0.15) is 0 Å². The Hall–Kier alpha value is -2.99. The van der Waals surface area contributed by atoms with E-state index in [0.29, 0.717) is 11.4 Å². The molecule has 0 atom stereocenters. The van der Waals surface area contributed by atoms with E-state index in [2.05, 4.69) is 66.0 Å². The van der Waals surface area contributed by atoms with Crippen LogP contribution < -0.4 is 10.8 Å². The minimum Gasteiger partial charge on any atom is -0.302 e. The van der Waals surface area contributed by atoms with Gasteiger partial charge in [0.2, 0.25) is 0 Å². The lowest BCUT2D eigenvalue weighted by Gasteiger charge is -2.20. The van der Waals surface area contributed by atoms with Crippen LogP contribution in [0.15, 0.2) is 84.9 Å². The predicted molar refractivity (Wildman–Crippen MR) is 113 cm³/mol. The molecule has 0 saturated heterocycles. The number of thiophene rings is 1. The van der Waals surface area contributed by atoms with Gasteiger partial charge in [0, 0.05) is 11.2 Å². The van der Waals surface area contributed by atoms with E-state index in [4.69, 9.17) is 5.21 Å². The lowest BCUT2D eigenvalue weighted by Crippen LogP contribution is -2.22. The molecular formula is C23H20N2O2S. The zero-order valence-corrected chi connectivity index (χ0v) is 15.9. The molecule has 140 valence electrons. The molecule has 1 aromatic heterocycles. The highest BCUT2D eigenvalue weighted by molar-refractivity contribution is 7.20. The first-order chi connectivity index (χ1) is 13.7. The Morgan fingerprint density at radius 3 is 2.14 bits per heavy atom. The summed E-state index contributed by atoms with van der Waals surface area (Å²) in [6.07, 6.45) is 0. The Labute approximate surface area is 167 Å². The minimum atomic E-state index is -0.478. The lowest BCUT2D eigenvalue weighted by molar-refractivity contribution is 0.0711. The maximum atomic E-state index is 11.6. The van der Waals surface area contributed by atoms with E-state index >= 15 is 0 Å².